The number of hydrogen-bond donors (Lipinski definition) is 3. The predicted molar refractivity (Wildman–Crippen MR) is 44.1 cm³/mol. The van der Waals surface area contributed by atoms with Crippen molar-refractivity contribution in [2.24, 2.45) is 0 Å². The first kappa shape index (κ1) is 11.4. The Labute approximate surface area is 81.1 Å². The summed E-state index contributed by atoms with van der Waals surface area (Å²) in [6, 6.07) is 0. The van der Waals surface area contributed by atoms with Crippen LogP contribution in [0, 0.1) is 0 Å². The smallest absolute Gasteiger partial charge is 0.305 e. The first-order chi connectivity index (χ1) is 6.56. The third-order valence-corrected chi connectivity index (χ3v) is 2.03. The van der Waals surface area contributed by atoms with Crippen LogP contribution in [0.25, 0.3) is 0 Å². The van der Waals surface area contributed by atoms with Crippen LogP contribution >= 0.6 is 0 Å². The summed E-state index contributed by atoms with van der Waals surface area (Å²) in [7, 11) is 0. The van der Waals surface area contributed by atoms with E-state index in [9.17, 15) is 9.90 Å². The molecule has 1 fully saturated rings. The van der Waals surface area contributed by atoms with Crippen LogP contribution in [-0.4, -0.2) is 52.5 Å². The molecule has 0 radical (unpaired) electrons. The minimum Gasteiger partial charge on any atom is -0.463 e. The Balaban J connectivity index is 2.36. The molecule has 82 valence electrons. The van der Waals surface area contributed by atoms with Crippen molar-refractivity contribution >= 4 is 5.97 Å². The van der Waals surface area contributed by atoms with Gasteiger partial charge in [0.1, 0.15) is 24.9 Å². The average molecular weight is 206 g/mol. The lowest BCUT2D eigenvalue weighted by Gasteiger charge is -2.13. The van der Waals surface area contributed by atoms with E-state index in [4.69, 9.17) is 19.7 Å². The van der Waals surface area contributed by atoms with Crippen molar-refractivity contribution in [2.45, 2.75) is 37.9 Å². The summed E-state index contributed by atoms with van der Waals surface area (Å²) in [6.45, 7) is 1.47. The van der Waals surface area contributed by atoms with E-state index in [2.05, 4.69) is 0 Å². The number of ether oxygens (including phenoxy) is 2. The number of hydrogen-bond acceptors (Lipinski definition) is 6. The molecule has 6 heteroatoms. The van der Waals surface area contributed by atoms with Gasteiger partial charge in [0.15, 0.2) is 6.29 Å². The standard InChI is InChI=1S/C8H14O6/c1-2-5(9)13-3-4-6(10)7(11)8(12)14-4/h4,6-8,10-12H,2-3H2,1H3/t4-,6-,7-,8-/m1/s1. The van der Waals surface area contributed by atoms with E-state index in [1.807, 2.05) is 0 Å². The van der Waals surface area contributed by atoms with Crippen molar-refractivity contribution in [3.8, 4) is 0 Å². The van der Waals surface area contributed by atoms with E-state index in [0.29, 0.717) is 0 Å². The average Bonchev–Trinajstić information content (AvgIpc) is 2.42. The molecule has 0 aliphatic carbocycles. The fourth-order valence-corrected chi connectivity index (χ4v) is 1.14. The van der Waals surface area contributed by atoms with Gasteiger partial charge in [0.25, 0.3) is 0 Å². The number of rotatable bonds is 3. The van der Waals surface area contributed by atoms with Crippen LogP contribution < -0.4 is 0 Å². The summed E-state index contributed by atoms with van der Waals surface area (Å²) < 4.78 is 9.46. The van der Waals surface area contributed by atoms with Gasteiger partial charge in [-0.25, -0.2) is 0 Å². The third kappa shape index (κ3) is 2.42. The Morgan fingerprint density at radius 1 is 1.36 bits per heavy atom. The van der Waals surface area contributed by atoms with Crippen molar-refractivity contribution in [3.63, 3.8) is 0 Å². The predicted octanol–water partition coefficient (Wildman–Crippen LogP) is -1.62. The SMILES string of the molecule is CCC(=O)OC[C@H]1O[C@@H](O)[C@H](O)[C@@H]1O. The fraction of sp³-hybridized carbons (Fsp3) is 0.875. The molecule has 14 heavy (non-hydrogen) atoms. The molecule has 1 heterocycles. The van der Waals surface area contributed by atoms with Gasteiger partial charge in [0.05, 0.1) is 0 Å². The molecule has 3 N–H and O–H groups in total. The highest BCUT2D eigenvalue weighted by molar-refractivity contribution is 5.68. The van der Waals surface area contributed by atoms with E-state index in [1.165, 1.54) is 0 Å². The molecule has 4 atom stereocenters. The maximum Gasteiger partial charge on any atom is 0.305 e. The van der Waals surface area contributed by atoms with Crippen LogP contribution in [0.5, 0.6) is 0 Å². The molecule has 0 saturated carbocycles. The zero-order chi connectivity index (χ0) is 10.7. The van der Waals surface area contributed by atoms with Gasteiger partial charge in [0.2, 0.25) is 0 Å². The van der Waals surface area contributed by atoms with Crippen LogP contribution in [0.15, 0.2) is 0 Å². The van der Waals surface area contributed by atoms with Crippen LogP contribution in [0.4, 0.5) is 0 Å². The zero-order valence-electron chi connectivity index (χ0n) is 7.79. The second-order valence-corrected chi connectivity index (χ2v) is 3.08. The summed E-state index contributed by atoms with van der Waals surface area (Å²) in [4.78, 5) is 10.8. The van der Waals surface area contributed by atoms with Gasteiger partial charge in [-0.15, -0.1) is 0 Å². The molecule has 0 aromatic heterocycles. The molecule has 1 aliphatic rings. The number of carbonyl (C=O) groups excluding carboxylic acids is 1. The second kappa shape index (κ2) is 4.70. The Morgan fingerprint density at radius 3 is 2.43 bits per heavy atom. The lowest BCUT2D eigenvalue weighted by molar-refractivity contribution is -0.157. The van der Waals surface area contributed by atoms with Crippen LogP contribution in [0.3, 0.4) is 0 Å². The van der Waals surface area contributed by atoms with E-state index in [-0.39, 0.29) is 13.0 Å². The van der Waals surface area contributed by atoms with Gasteiger partial charge in [0, 0.05) is 6.42 Å². The van der Waals surface area contributed by atoms with Crippen molar-refractivity contribution in [3.05, 3.63) is 0 Å². The summed E-state index contributed by atoms with van der Waals surface area (Å²) >= 11 is 0. The molecule has 1 aliphatic heterocycles. The molecule has 6 nitrogen and oxygen atoms in total. The zero-order valence-corrected chi connectivity index (χ0v) is 7.79. The molecule has 1 rings (SSSR count). The first-order valence-electron chi connectivity index (χ1n) is 4.41. The Hall–Kier alpha value is -0.690. The largest absolute Gasteiger partial charge is 0.463 e. The quantitative estimate of drug-likeness (QED) is 0.480. The normalized spacial score (nSPS) is 37.1. The second-order valence-electron chi connectivity index (χ2n) is 3.08. The maximum absolute atomic E-state index is 10.8. The molecule has 1 saturated heterocycles. The van der Waals surface area contributed by atoms with E-state index >= 15 is 0 Å². The number of aliphatic hydroxyl groups excluding tert-OH is 3. The lowest BCUT2D eigenvalue weighted by Crippen LogP contribution is -2.34. The molecular formula is C8H14O6. The molecule has 0 amide bonds. The Morgan fingerprint density at radius 2 is 2.00 bits per heavy atom. The summed E-state index contributed by atoms with van der Waals surface area (Å²) in [5.74, 6) is -0.420. The Bertz CT molecular complexity index is 206. The Kier molecular flexibility index (Phi) is 3.82. The van der Waals surface area contributed by atoms with Crippen LogP contribution in [0.2, 0.25) is 0 Å². The minimum absolute atomic E-state index is 0.165. The molecule has 0 spiro atoms. The molecule has 0 aromatic carbocycles. The highest BCUT2D eigenvalue weighted by atomic mass is 16.7. The number of esters is 1. The highest BCUT2D eigenvalue weighted by Crippen LogP contribution is 2.19. The molecular weight excluding hydrogens is 192 g/mol. The van der Waals surface area contributed by atoms with Gasteiger partial charge in [-0.2, -0.15) is 0 Å². The van der Waals surface area contributed by atoms with E-state index in [1.54, 1.807) is 6.92 Å². The minimum atomic E-state index is -1.42. The topological polar surface area (TPSA) is 96.2 Å². The van der Waals surface area contributed by atoms with E-state index in [0.717, 1.165) is 0 Å². The van der Waals surface area contributed by atoms with Gasteiger partial charge in [-0.1, -0.05) is 6.92 Å². The lowest BCUT2D eigenvalue weighted by atomic mass is 10.1. The fourth-order valence-electron chi connectivity index (χ4n) is 1.14. The van der Waals surface area contributed by atoms with Gasteiger partial charge in [-0.3, -0.25) is 4.79 Å². The van der Waals surface area contributed by atoms with Crippen molar-refractivity contribution in [2.75, 3.05) is 6.61 Å². The van der Waals surface area contributed by atoms with Crippen molar-refractivity contribution < 1.29 is 29.6 Å². The summed E-state index contributed by atoms with van der Waals surface area (Å²) in [5.41, 5.74) is 0. The third-order valence-electron chi connectivity index (χ3n) is 2.03. The number of aliphatic hydroxyl groups is 3. The molecule has 0 aromatic rings. The van der Waals surface area contributed by atoms with Gasteiger partial charge >= 0.3 is 5.97 Å². The molecule has 0 unspecified atom stereocenters. The number of carbonyl (C=O) groups is 1. The van der Waals surface area contributed by atoms with Gasteiger partial charge in [-0.05, 0) is 0 Å². The van der Waals surface area contributed by atoms with Crippen LogP contribution in [0.1, 0.15) is 13.3 Å². The molecule has 0 bridgehead atoms. The van der Waals surface area contributed by atoms with Crippen LogP contribution in [-0.2, 0) is 14.3 Å². The van der Waals surface area contributed by atoms with Crippen molar-refractivity contribution in [1.29, 1.82) is 0 Å². The monoisotopic (exact) mass is 206 g/mol. The summed E-state index contributed by atoms with van der Waals surface area (Å²) in [5, 5.41) is 27.4. The van der Waals surface area contributed by atoms with Gasteiger partial charge < -0.3 is 24.8 Å². The summed E-state index contributed by atoms with van der Waals surface area (Å²) in [6.07, 6.45) is -4.63. The highest BCUT2D eigenvalue weighted by Gasteiger charge is 2.42. The maximum atomic E-state index is 10.8. The van der Waals surface area contributed by atoms with Crippen molar-refractivity contribution in [1.82, 2.24) is 0 Å². The first-order valence-corrected chi connectivity index (χ1v) is 4.41. The van der Waals surface area contributed by atoms with E-state index < -0.39 is 30.6 Å².